The van der Waals surface area contributed by atoms with Crippen LogP contribution >= 0.6 is 22.7 Å². The number of carbonyl (C=O) groups excluding carboxylic acids is 1. The van der Waals surface area contributed by atoms with Gasteiger partial charge in [0.05, 0.1) is 16.8 Å². The fourth-order valence-electron chi connectivity index (χ4n) is 2.20. The molecule has 0 atom stereocenters. The van der Waals surface area contributed by atoms with Crippen LogP contribution < -0.4 is 4.80 Å². The molecule has 4 nitrogen and oxygen atoms in total. The van der Waals surface area contributed by atoms with Crippen LogP contribution in [0.3, 0.4) is 0 Å². The summed E-state index contributed by atoms with van der Waals surface area (Å²) in [6, 6.07) is 8.40. The third-order valence-electron chi connectivity index (χ3n) is 3.30. The van der Waals surface area contributed by atoms with Gasteiger partial charge in [0.1, 0.15) is 5.82 Å². The molecule has 1 amide bonds. The number of nitrogens with zero attached hydrogens (tertiary/aromatic N) is 2. The molecule has 124 valence electrons. The van der Waals surface area contributed by atoms with Gasteiger partial charge in [-0.1, -0.05) is 17.4 Å². The molecular formula is C17H15FN2O2S2. The van der Waals surface area contributed by atoms with Crippen LogP contribution in [0.1, 0.15) is 4.88 Å². The number of amides is 1. The molecule has 0 spiro atoms. The van der Waals surface area contributed by atoms with Crippen LogP contribution in [0.4, 0.5) is 4.39 Å². The van der Waals surface area contributed by atoms with Gasteiger partial charge in [-0.2, -0.15) is 4.99 Å². The monoisotopic (exact) mass is 362 g/mol. The van der Waals surface area contributed by atoms with E-state index >= 15 is 0 Å². The number of fused-ring (bicyclic) bond motifs is 1. The van der Waals surface area contributed by atoms with Crippen LogP contribution in [0, 0.1) is 5.82 Å². The van der Waals surface area contributed by atoms with Gasteiger partial charge in [0, 0.05) is 24.6 Å². The maximum absolute atomic E-state index is 13.4. The predicted octanol–water partition coefficient (Wildman–Crippen LogP) is 3.69. The van der Waals surface area contributed by atoms with Crippen molar-refractivity contribution in [2.45, 2.75) is 6.54 Å². The molecule has 0 aliphatic rings. The maximum atomic E-state index is 13.4. The lowest BCUT2D eigenvalue weighted by Gasteiger charge is -2.03. The first-order chi connectivity index (χ1) is 11.7. The highest BCUT2D eigenvalue weighted by Crippen LogP contribution is 2.18. The van der Waals surface area contributed by atoms with Crippen molar-refractivity contribution in [3.63, 3.8) is 0 Å². The Bertz CT molecular complexity index is 939. The van der Waals surface area contributed by atoms with Gasteiger partial charge >= 0.3 is 0 Å². The predicted molar refractivity (Wildman–Crippen MR) is 95.6 cm³/mol. The first-order valence-electron chi connectivity index (χ1n) is 7.25. The molecule has 0 saturated carbocycles. The Labute approximate surface area is 146 Å². The third-order valence-corrected chi connectivity index (χ3v) is 5.18. The largest absolute Gasteiger partial charge is 0.383 e. The SMILES string of the molecule is COCCn1c(=NC(=O)C=Cc2cccs2)sc2cc(F)ccc21. The first-order valence-corrected chi connectivity index (χ1v) is 8.95. The lowest BCUT2D eigenvalue weighted by Crippen LogP contribution is -2.18. The molecule has 0 aliphatic heterocycles. The number of thiazole rings is 1. The molecule has 3 aromatic rings. The molecule has 24 heavy (non-hydrogen) atoms. The van der Waals surface area contributed by atoms with Gasteiger partial charge in [0.25, 0.3) is 5.91 Å². The summed E-state index contributed by atoms with van der Waals surface area (Å²) >= 11 is 2.84. The summed E-state index contributed by atoms with van der Waals surface area (Å²) in [7, 11) is 1.61. The molecule has 3 rings (SSSR count). The number of ether oxygens (including phenoxy) is 1. The Kier molecular flexibility index (Phi) is 5.34. The van der Waals surface area contributed by atoms with E-state index in [-0.39, 0.29) is 11.7 Å². The summed E-state index contributed by atoms with van der Waals surface area (Å²) in [4.78, 5) is 17.8. The van der Waals surface area contributed by atoms with Crippen molar-refractivity contribution in [3.8, 4) is 0 Å². The number of hydrogen-bond donors (Lipinski definition) is 0. The summed E-state index contributed by atoms with van der Waals surface area (Å²) < 4.78 is 21.2. The summed E-state index contributed by atoms with van der Waals surface area (Å²) in [6.07, 6.45) is 3.18. The summed E-state index contributed by atoms with van der Waals surface area (Å²) in [5.74, 6) is -0.653. The van der Waals surface area contributed by atoms with E-state index in [1.807, 2.05) is 22.1 Å². The Hall–Kier alpha value is -2.09. The van der Waals surface area contributed by atoms with Gasteiger partial charge < -0.3 is 9.30 Å². The van der Waals surface area contributed by atoms with Crippen molar-refractivity contribution >= 4 is 44.9 Å². The summed E-state index contributed by atoms with van der Waals surface area (Å²) in [5.41, 5.74) is 0.840. The minimum absolute atomic E-state index is 0.307. The zero-order valence-corrected chi connectivity index (χ0v) is 14.6. The molecule has 0 N–H and O–H groups in total. The molecule has 0 aliphatic carbocycles. The Morgan fingerprint density at radius 2 is 2.29 bits per heavy atom. The van der Waals surface area contributed by atoms with Crippen LogP contribution in [0.25, 0.3) is 16.3 Å². The van der Waals surface area contributed by atoms with Crippen molar-refractivity contribution in [3.05, 3.63) is 57.3 Å². The van der Waals surface area contributed by atoms with E-state index in [1.165, 1.54) is 29.5 Å². The van der Waals surface area contributed by atoms with E-state index in [0.717, 1.165) is 15.1 Å². The lowest BCUT2D eigenvalue weighted by molar-refractivity contribution is -0.113. The fourth-order valence-corrected chi connectivity index (χ4v) is 3.91. The van der Waals surface area contributed by atoms with Crippen molar-refractivity contribution < 1.29 is 13.9 Å². The second-order valence-corrected chi connectivity index (χ2v) is 6.93. The molecular weight excluding hydrogens is 347 g/mol. The van der Waals surface area contributed by atoms with E-state index in [2.05, 4.69) is 4.99 Å². The number of methoxy groups -OCH3 is 1. The summed E-state index contributed by atoms with van der Waals surface area (Å²) in [6.45, 7) is 1.03. The smallest absolute Gasteiger partial charge is 0.272 e. The second-order valence-electron chi connectivity index (χ2n) is 4.94. The fraction of sp³-hybridized carbons (Fsp3) is 0.176. The van der Waals surface area contributed by atoms with Crippen molar-refractivity contribution in [1.29, 1.82) is 0 Å². The molecule has 7 heteroatoms. The van der Waals surface area contributed by atoms with Gasteiger partial charge in [-0.25, -0.2) is 4.39 Å². The minimum atomic E-state index is -0.346. The lowest BCUT2D eigenvalue weighted by atomic mass is 10.3. The normalized spacial score (nSPS) is 12.5. The van der Waals surface area contributed by atoms with Crippen molar-refractivity contribution in [1.82, 2.24) is 4.57 Å². The quantitative estimate of drug-likeness (QED) is 0.650. The molecule has 0 saturated heterocycles. The van der Waals surface area contributed by atoms with E-state index in [4.69, 9.17) is 4.74 Å². The molecule has 2 heterocycles. The topological polar surface area (TPSA) is 43.6 Å². The average Bonchev–Trinajstić information content (AvgIpc) is 3.18. The maximum Gasteiger partial charge on any atom is 0.272 e. The third kappa shape index (κ3) is 3.87. The first kappa shape index (κ1) is 16.8. The second kappa shape index (κ2) is 7.65. The number of carbonyl (C=O) groups is 1. The molecule has 2 aromatic heterocycles. The van der Waals surface area contributed by atoms with Crippen molar-refractivity contribution in [2.24, 2.45) is 4.99 Å². The molecule has 0 bridgehead atoms. The van der Waals surface area contributed by atoms with Gasteiger partial charge in [0.2, 0.25) is 0 Å². The van der Waals surface area contributed by atoms with Gasteiger partial charge in [-0.15, -0.1) is 11.3 Å². The number of thiophene rings is 1. The molecule has 0 unspecified atom stereocenters. The number of benzene rings is 1. The van der Waals surface area contributed by atoms with Crippen LogP contribution in [-0.4, -0.2) is 24.2 Å². The van der Waals surface area contributed by atoms with Gasteiger partial charge in [-0.05, 0) is 35.7 Å². The van der Waals surface area contributed by atoms with Crippen molar-refractivity contribution in [2.75, 3.05) is 13.7 Å². The highest BCUT2D eigenvalue weighted by molar-refractivity contribution is 7.16. The molecule has 0 radical (unpaired) electrons. The van der Waals surface area contributed by atoms with Crippen LogP contribution in [-0.2, 0) is 16.1 Å². The highest BCUT2D eigenvalue weighted by atomic mass is 32.1. The van der Waals surface area contributed by atoms with E-state index < -0.39 is 0 Å². The number of aromatic nitrogens is 1. The van der Waals surface area contributed by atoms with Crippen LogP contribution in [0.15, 0.2) is 46.8 Å². The number of hydrogen-bond acceptors (Lipinski definition) is 4. The minimum Gasteiger partial charge on any atom is -0.383 e. The van der Waals surface area contributed by atoms with E-state index in [9.17, 15) is 9.18 Å². The Morgan fingerprint density at radius 3 is 3.04 bits per heavy atom. The molecule has 0 fully saturated rings. The zero-order chi connectivity index (χ0) is 16.9. The highest BCUT2D eigenvalue weighted by Gasteiger charge is 2.08. The number of halogens is 1. The van der Waals surface area contributed by atoms with Crippen LogP contribution in [0.5, 0.6) is 0 Å². The summed E-state index contributed by atoms with van der Waals surface area (Å²) in [5, 5.41) is 1.94. The van der Waals surface area contributed by atoms with Crippen LogP contribution in [0.2, 0.25) is 0 Å². The molecule has 1 aromatic carbocycles. The number of rotatable bonds is 5. The van der Waals surface area contributed by atoms with E-state index in [1.54, 1.807) is 30.6 Å². The van der Waals surface area contributed by atoms with Gasteiger partial charge in [-0.3, -0.25) is 4.79 Å². The average molecular weight is 362 g/mol. The van der Waals surface area contributed by atoms with Gasteiger partial charge in [0.15, 0.2) is 4.80 Å². The standard InChI is InChI=1S/C17H15FN2O2S2/c1-22-9-8-20-14-6-4-12(18)11-15(14)24-17(20)19-16(21)7-5-13-3-2-10-23-13/h2-7,10-11H,8-9H2,1H3. The zero-order valence-electron chi connectivity index (χ0n) is 12.9. The Morgan fingerprint density at radius 1 is 1.42 bits per heavy atom. The Balaban J connectivity index is 1.98. The van der Waals surface area contributed by atoms with E-state index in [0.29, 0.717) is 18.0 Å².